The van der Waals surface area contributed by atoms with Crippen molar-refractivity contribution in [3.8, 4) is 28.7 Å². The molecule has 2 aromatic carbocycles. The Bertz CT molecular complexity index is 1460. The van der Waals surface area contributed by atoms with Gasteiger partial charge in [-0.3, -0.25) is 0 Å². The molecule has 0 atom stereocenters. The molecule has 186 valence electrons. The van der Waals surface area contributed by atoms with E-state index in [-0.39, 0.29) is 12.4 Å². The summed E-state index contributed by atoms with van der Waals surface area (Å²) in [7, 11) is 1.70. The first-order chi connectivity index (χ1) is 17.0. The number of hydrogen-bond donors (Lipinski definition) is 0. The minimum absolute atomic E-state index is 0. The lowest BCUT2D eigenvalue weighted by atomic mass is 10.0. The maximum atomic E-state index is 5.44. The van der Waals surface area contributed by atoms with E-state index in [9.17, 15) is 0 Å². The summed E-state index contributed by atoms with van der Waals surface area (Å²) in [6.45, 7) is 9.65. The summed E-state index contributed by atoms with van der Waals surface area (Å²) in [5, 5.41) is 5.07. The highest BCUT2D eigenvalue weighted by molar-refractivity contribution is 5.85. The number of hydrogen-bond acceptors (Lipinski definition) is 4. The zero-order valence-corrected chi connectivity index (χ0v) is 22.5. The largest absolute Gasteiger partial charge is 0.497 e. The highest BCUT2D eigenvalue weighted by Crippen LogP contribution is 2.38. The van der Waals surface area contributed by atoms with E-state index < -0.39 is 0 Å². The Morgan fingerprint density at radius 2 is 1.83 bits per heavy atom. The van der Waals surface area contributed by atoms with E-state index in [1.807, 2.05) is 13.0 Å². The topological polar surface area (TPSA) is 42.7 Å². The summed E-state index contributed by atoms with van der Waals surface area (Å²) in [6, 6.07) is 15.0. The quantitative estimate of drug-likeness (QED) is 0.292. The van der Waals surface area contributed by atoms with Gasteiger partial charge in [-0.15, -0.1) is 18.3 Å². The lowest BCUT2D eigenvalue weighted by Crippen LogP contribution is -2.27. The first-order valence-electron chi connectivity index (χ1n) is 12.3. The van der Waals surface area contributed by atoms with Crippen molar-refractivity contribution in [1.82, 2.24) is 14.6 Å². The Hall–Kier alpha value is -3.49. The molecular formula is C30H33ClN4O. The first-order valence-corrected chi connectivity index (χ1v) is 12.3. The third-order valence-corrected chi connectivity index (χ3v) is 6.88. The number of aryl methyl sites for hydroxylation is 4. The van der Waals surface area contributed by atoms with Gasteiger partial charge < -0.3 is 9.64 Å². The van der Waals surface area contributed by atoms with Crippen LogP contribution < -0.4 is 9.64 Å². The Morgan fingerprint density at radius 1 is 1.06 bits per heavy atom. The second kappa shape index (κ2) is 10.6. The maximum Gasteiger partial charge on any atom is 0.165 e. The highest BCUT2D eigenvalue weighted by Gasteiger charge is 2.27. The number of methoxy groups -OCH3 is 1. The Morgan fingerprint density at radius 3 is 2.53 bits per heavy atom. The fourth-order valence-corrected chi connectivity index (χ4v) is 5.09. The van der Waals surface area contributed by atoms with Gasteiger partial charge in [-0.1, -0.05) is 41.8 Å². The van der Waals surface area contributed by atoms with Gasteiger partial charge in [0, 0.05) is 23.4 Å². The second-order valence-electron chi connectivity index (χ2n) is 9.36. The van der Waals surface area contributed by atoms with Crippen LogP contribution in [0.5, 0.6) is 5.75 Å². The van der Waals surface area contributed by atoms with E-state index in [0.29, 0.717) is 6.54 Å². The van der Waals surface area contributed by atoms with Crippen LogP contribution in [-0.2, 0) is 19.4 Å². The lowest BCUT2D eigenvalue weighted by Gasteiger charge is -2.26. The molecule has 0 amide bonds. The van der Waals surface area contributed by atoms with Crippen molar-refractivity contribution in [2.45, 2.75) is 53.5 Å². The van der Waals surface area contributed by atoms with Crippen LogP contribution in [0.3, 0.4) is 0 Å². The molecule has 1 aliphatic rings. The van der Waals surface area contributed by atoms with Gasteiger partial charge in [0.05, 0.1) is 19.3 Å². The maximum absolute atomic E-state index is 5.44. The fraction of sp³-hybridized carbons (Fsp3) is 0.333. The molecule has 0 fully saturated rings. The molecule has 0 spiro atoms. The minimum Gasteiger partial charge on any atom is -0.497 e. The van der Waals surface area contributed by atoms with Crippen LogP contribution in [0.4, 0.5) is 5.82 Å². The van der Waals surface area contributed by atoms with E-state index in [1.165, 1.54) is 22.4 Å². The van der Waals surface area contributed by atoms with Gasteiger partial charge in [0.25, 0.3) is 0 Å². The van der Waals surface area contributed by atoms with E-state index in [4.69, 9.17) is 14.8 Å². The summed E-state index contributed by atoms with van der Waals surface area (Å²) >= 11 is 0. The van der Waals surface area contributed by atoms with Crippen molar-refractivity contribution in [3.63, 3.8) is 0 Å². The van der Waals surface area contributed by atoms with E-state index in [2.05, 4.69) is 78.4 Å². The second-order valence-corrected chi connectivity index (χ2v) is 9.36. The van der Waals surface area contributed by atoms with E-state index in [1.54, 1.807) is 7.11 Å². The summed E-state index contributed by atoms with van der Waals surface area (Å²) in [6.07, 6.45) is 3.14. The van der Waals surface area contributed by atoms with Crippen LogP contribution in [0.15, 0.2) is 42.5 Å². The molecule has 0 N–H and O–H groups in total. The fourth-order valence-electron chi connectivity index (χ4n) is 5.09. The molecule has 36 heavy (non-hydrogen) atoms. The lowest BCUT2D eigenvalue weighted by molar-refractivity contribution is 0.414. The smallest absolute Gasteiger partial charge is 0.165 e. The predicted molar refractivity (Wildman–Crippen MR) is 149 cm³/mol. The minimum atomic E-state index is 0. The SMILES string of the molecule is CC#CCN(Cc1ccc(C)cc1)c1c2c(nc3c(-c4ccc(OC)cc4C)c(C)nn13)CCC2.Cl. The van der Waals surface area contributed by atoms with Crippen molar-refractivity contribution in [3.05, 3.63) is 76.1 Å². The number of aromatic nitrogens is 3. The Kier molecular flexibility index (Phi) is 7.56. The van der Waals surface area contributed by atoms with Crippen molar-refractivity contribution in [1.29, 1.82) is 0 Å². The van der Waals surface area contributed by atoms with Crippen LogP contribution >= 0.6 is 12.4 Å². The molecule has 1 aliphatic carbocycles. The monoisotopic (exact) mass is 500 g/mol. The number of fused-ring (bicyclic) bond motifs is 2. The van der Waals surface area contributed by atoms with Crippen LogP contribution in [0.25, 0.3) is 16.8 Å². The van der Waals surface area contributed by atoms with Crippen LogP contribution in [0.1, 0.15) is 47.0 Å². The van der Waals surface area contributed by atoms with Crippen LogP contribution in [0.2, 0.25) is 0 Å². The molecule has 5 rings (SSSR count). The molecule has 6 heteroatoms. The van der Waals surface area contributed by atoms with Crippen molar-refractivity contribution < 1.29 is 4.74 Å². The van der Waals surface area contributed by atoms with Crippen LogP contribution in [0, 0.1) is 32.6 Å². The molecule has 5 nitrogen and oxygen atoms in total. The average molecular weight is 501 g/mol. The number of halogens is 1. The first kappa shape index (κ1) is 25.6. The average Bonchev–Trinajstić information content (AvgIpc) is 3.45. The van der Waals surface area contributed by atoms with Crippen molar-refractivity contribution in [2.75, 3.05) is 18.6 Å². The van der Waals surface area contributed by atoms with Crippen molar-refractivity contribution >= 4 is 23.9 Å². The number of benzene rings is 2. The predicted octanol–water partition coefficient (Wildman–Crippen LogP) is 6.27. The third kappa shape index (κ3) is 4.66. The van der Waals surface area contributed by atoms with E-state index in [0.717, 1.165) is 65.4 Å². The van der Waals surface area contributed by atoms with Gasteiger partial charge in [-0.25, -0.2) is 4.98 Å². The van der Waals surface area contributed by atoms with Gasteiger partial charge >= 0.3 is 0 Å². The molecule has 2 aromatic heterocycles. The standard InChI is InChI=1S/C30H32N4O.ClH/c1-6-7-17-33(19-23-13-11-20(2)12-14-23)30-26-9-8-10-27(26)31-29-28(22(4)32-34(29)30)25-16-15-24(35-5)18-21(25)3;/h11-16,18H,8-10,17,19H2,1-5H3;1H. The summed E-state index contributed by atoms with van der Waals surface area (Å²) in [5.41, 5.74) is 10.3. The van der Waals surface area contributed by atoms with E-state index >= 15 is 0 Å². The molecule has 4 aromatic rings. The third-order valence-electron chi connectivity index (χ3n) is 6.88. The molecule has 0 unspecified atom stereocenters. The molecule has 2 heterocycles. The normalized spacial score (nSPS) is 12.0. The number of rotatable bonds is 6. The van der Waals surface area contributed by atoms with Gasteiger partial charge in [-0.2, -0.15) is 9.61 Å². The zero-order valence-electron chi connectivity index (χ0n) is 21.7. The Labute approximate surface area is 219 Å². The number of nitrogens with zero attached hydrogens (tertiary/aromatic N) is 4. The van der Waals surface area contributed by atoms with Crippen LogP contribution in [-0.4, -0.2) is 28.3 Å². The Balaban J connectivity index is 0.00000304. The molecular weight excluding hydrogens is 468 g/mol. The van der Waals surface area contributed by atoms with Crippen molar-refractivity contribution in [2.24, 2.45) is 0 Å². The highest BCUT2D eigenvalue weighted by atomic mass is 35.5. The zero-order chi connectivity index (χ0) is 24.5. The molecule has 0 saturated heterocycles. The number of ether oxygens (including phenoxy) is 1. The number of anilines is 1. The van der Waals surface area contributed by atoms with Gasteiger partial charge in [0.15, 0.2) is 5.65 Å². The van der Waals surface area contributed by atoms with Gasteiger partial charge in [-0.05, 0) is 75.8 Å². The van der Waals surface area contributed by atoms with Gasteiger partial charge in [0.1, 0.15) is 11.6 Å². The molecule has 0 aliphatic heterocycles. The summed E-state index contributed by atoms with van der Waals surface area (Å²) in [4.78, 5) is 7.56. The molecule has 0 saturated carbocycles. The molecule has 0 bridgehead atoms. The molecule has 0 radical (unpaired) electrons. The van der Waals surface area contributed by atoms with Gasteiger partial charge in [0.2, 0.25) is 0 Å². The summed E-state index contributed by atoms with van der Waals surface area (Å²) < 4.78 is 7.52. The summed E-state index contributed by atoms with van der Waals surface area (Å²) in [5.74, 6) is 8.39.